The van der Waals surface area contributed by atoms with Crippen LogP contribution in [0.1, 0.15) is 17.5 Å². The van der Waals surface area contributed by atoms with Gasteiger partial charge in [-0.15, -0.1) is 0 Å². The van der Waals surface area contributed by atoms with E-state index in [4.69, 9.17) is 0 Å². The molecular weight excluding hydrogens is 234 g/mol. The number of aromatic nitrogens is 1. The van der Waals surface area contributed by atoms with Gasteiger partial charge in [-0.25, -0.2) is 0 Å². The van der Waals surface area contributed by atoms with E-state index < -0.39 is 0 Å². The molecule has 0 amide bonds. The van der Waals surface area contributed by atoms with Crippen molar-refractivity contribution >= 4 is 5.78 Å². The summed E-state index contributed by atoms with van der Waals surface area (Å²) < 4.78 is 1.96. The van der Waals surface area contributed by atoms with Gasteiger partial charge in [0.2, 0.25) is 12.3 Å². The Labute approximate surface area is 113 Å². The van der Waals surface area contributed by atoms with Gasteiger partial charge in [0.15, 0.2) is 12.4 Å². The number of carbonyl (C=O) groups excluding carboxylic acids is 1. The molecule has 1 aromatic heterocycles. The lowest BCUT2D eigenvalue weighted by Crippen LogP contribution is -2.40. The number of benzene rings is 1. The Morgan fingerprint density at radius 3 is 2.58 bits per heavy atom. The molecule has 1 atom stereocenters. The molecule has 3 rings (SSSR count). The zero-order valence-electron chi connectivity index (χ0n) is 11.0. The third kappa shape index (κ3) is 2.73. The van der Waals surface area contributed by atoms with Gasteiger partial charge in [-0.05, 0) is 30.4 Å². The van der Waals surface area contributed by atoms with Crippen LogP contribution in [-0.4, -0.2) is 5.78 Å². The summed E-state index contributed by atoms with van der Waals surface area (Å²) in [5.41, 5.74) is 2.77. The van der Waals surface area contributed by atoms with Crippen LogP contribution in [0.5, 0.6) is 0 Å². The smallest absolute Gasteiger partial charge is 0.206 e. The summed E-state index contributed by atoms with van der Waals surface area (Å²) in [5.74, 6) is 0.535. The number of carbonyl (C=O) groups is 1. The van der Waals surface area contributed by atoms with Gasteiger partial charge < -0.3 is 0 Å². The molecule has 0 saturated heterocycles. The molecule has 0 fully saturated rings. The number of nitrogens with zero attached hydrogens (tertiary/aromatic N) is 1. The van der Waals surface area contributed by atoms with Gasteiger partial charge in [-0.1, -0.05) is 30.3 Å². The summed E-state index contributed by atoms with van der Waals surface area (Å²) >= 11 is 0. The molecule has 1 heterocycles. The van der Waals surface area contributed by atoms with Crippen molar-refractivity contribution < 1.29 is 9.36 Å². The Balaban J connectivity index is 1.70. The van der Waals surface area contributed by atoms with Crippen LogP contribution in [0.4, 0.5) is 0 Å². The first-order valence-corrected chi connectivity index (χ1v) is 6.86. The lowest BCUT2D eigenvalue weighted by molar-refractivity contribution is -0.684. The van der Waals surface area contributed by atoms with E-state index in [0.717, 1.165) is 19.3 Å². The minimum Gasteiger partial charge on any atom is -0.292 e. The van der Waals surface area contributed by atoms with Crippen LogP contribution < -0.4 is 4.57 Å². The third-order valence-corrected chi connectivity index (χ3v) is 3.92. The number of hydrogen-bond acceptors (Lipinski definition) is 1. The highest BCUT2D eigenvalue weighted by molar-refractivity contribution is 5.80. The minimum atomic E-state index is 0.183. The number of rotatable bonds is 3. The zero-order chi connectivity index (χ0) is 13.1. The van der Waals surface area contributed by atoms with Gasteiger partial charge in [-0.2, -0.15) is 4.57 Å². The van der Waals surface area contributed by atoms with Crippen molar-refractivity contribution in [1.82, 2.24) is 0 Å². The summed E-state index contributed by atoms with van der Waals surface area (Å²) in [4.78, 5) is 12.4. The number of pyridine rings is 1. The highest BCUT2D eigenvalue weighted by Gasteiger charge is 2.26. The fourth-order valence-corrected chi connectivity index (χ4v) is 2.82. The molecule has 0 aliphatic heterocycles. The van der Waals surface area contributed by atoms with Crippen molar-refractivity contribution in [3.8, 4) is 0 Å². The maximum Gasteiger partial charge on any atom is 0.206 e. The third-order valence-electron chi connectivity index (χ3n) is 3.92. The summed E-state index contributed by atoms with van der Waals surface area (Å²) in [6.07, 6.45) is 6.83. The van der Waals surface area contributed by atoms with Crippen molar-refractivity contribution in [2.45, 2.75) is 25.8 Å². The molecule has 2 heteroatoms. The molecule has 19 heavy (non-hydrogen) atoms. The van der Waals surface area contributed by atoms with Crippen molar-refractivity contribution in [3.63, 3.8) is 0 Å². The molecule has 1 unspecified atom stereocenters. The highest BCUT2D eigenvalue weighted by Crippen LogP contribution is 2.25. The average Bonchev–Trinajstić information content (AvgIpc) is 2.48. The molecular formula is C17H18NO+. The SMILES string of the molecule is O=C(C[n+]1ccccc1)C1CCc2ccccc2C1. The van der Waals surface area contributed by atoms with E-state index in [0.29, 0.717) is 12.3 Å². The van der Waals surface area contributed by atoms with Crippen LogP contribution in [0.2, 0.25) is 0 Å². The van der Waals surface area contributed by atoms with Gasteiger partial charge >= 0.3 is 0 Å². The molecule has 0 spiro atoms. The fraction of sp³-hybridized carbons (Fsp3) is 0.294. The van der Waals surface area contributed by atoms with Crippen LogP contribution in [-0.2, 0) is 24.2 Å². The van der Waals surface area contributed by atoms with E-state index in [-0.39, 0.29) is 5.92 Å². The van der Waals surface area contributed by atoms with Gasteiger partial charge in [0.1, 0.15) is 0 Å². The monoisotopic (exact) mass is 252 g/mol. The number of aryl methyl sites for hydroxylation is 1. The first-order valence-electron chi connectivity index (χ1n) is 6.86. The highest BCUT2D eigenvalue weighted by atomic mass is 16.1. The number of fused-ring (bicyclic) bond motifs is 1. The lowest BCUT2D eigenvalue weighted by Gasteiger charge is -2.22. The Hall–Kier alpha value is -1.96. The quantitative estimate of drug-likeness (QED) is 0.768. The van der Waals surface area contributed by atoms with Crippen molar-refractivity contribution in [1.29, 1.82) is 0 Å². The van der Waals surface area contributed by atoms with Crippen molar-refractivity contribution in [2.24, 2.45) is 5.92 Å². The van der Waals surface area contributed by atoms with E-state index in [1.54, 1.807) is 0 Å². The average molecular weight is 252 g/mol. The van der Waals surface area contributed by atoms with Crippen LogP contribution >= 0.6 is 0 Å². The predicted octanol–water partition coefficient (Wildman–Crippen LogP) is 2.35. The molecule has 2 nitrogen and oxygen atoms in total. The number of ketones is 1. The molecule has 0 N–H and O–H groups in total. The molecule has 1 aliphatic rings. The second kappa shape index (κ2) is 5.35. The minimum absolute atomic E-state index is 0.183. The van der Waals surface area contributed by atoms with Crippen LogP contribution in [0, 0.1) is 5.92 Å². The van der Waals surface area contributed by atoms with E-state index >= 15 is 0 Å². The predicted molar refractivity (Wildman–Crippen MR) is 73.6 cm³/mol. The number of hydrogen-bond donors (Lipinski definition) is 0. The summed E-state index contributed by atoms with van der Waals surface area (Å²) in [6, 6.07) is 14.4. The largest absolute Gasteiger partial charge is 0.292 e. The van der Waals surface area contributed by atoms with Gasteiger partial charge in [0, 0.05) is 18.1 Å². The van der Waals surface area contributed by atoms with Gasteiger partial charge in [0.05, 0.1) is 0 Å². The molecule has 96 valence electrons. The van der Waals surface area contributed by atoms with E-state index in [1.165, 1.54) is 11.1 Å². The van der Waals surface area contributed by atoms with Gasteiger partial charge in [-0.3, -0.25) is 4.79 Å². The molecule has 1 aromatic carbocycles. The van der Waals surface area contributed by atoms with Crippen LogP contribution in [0.15, 0.2) is 54.9 Å². The van der Waals surface area contributed by atoms with Crippen molar-refractivity contribution in [3.05, 3.63) is 66.0 Å². The fourth-order valence-electron chi connectivity index (χ4n) is 2.82. The van der Waals surface area contributed by atoms with Crippen LogP contribution in [0.25, 0.3) is 0 Å². The Morgan fingerprint density at radius 1 is 1.05 bits per heavy atom. The standard InChI is InChI=1S/C17H18NO/c19-17(13-18-10-4-1-5-11-18)16-9-8-14-6-2-3-7-15(14)12-16/h1-7,10-11,16H,8-9,12-13H2/q+1. The maximum absolute atomic E-state index is 12.4. The summed E-state index contributed by atoms with van der Waals surface area (Å²) in [6.45, 7) is 0.494. The number of Topliss-reactive ketones (excluding diaryl/α,β-unsaturated/α-hetero) is 1. The molecule has 0 bridgehead atoms. The van der Waals surface area contributed by atoms with E-state index in [9.17, 15) is 4.79 Å². The molecule has 2 aromatic rings. The first kappa shape index (κ1) is 12.1. The van der Waals surface area contributed by atoms with E-state index in [2.05, 4.69) is 24.3 Å². The lowest BCUT2D eigenvalue weighted by atomic mass is 9.82. The van der Waals surface area contributed by atoms with E-state index in [1.807, 2.05) is 35.2 Å². The maximum atomic E-state index is 12.4. The van der Waals surface area contributed by atoms with Crippen LogP contribution in [0.3, 0.4) is 0 Å². The second-order valence-electron chi connectivity index (χ2n) is 5.22. The first-order chi connectivity index (χ1) is 9.33. The van der Waals surface area contributed by atoms with Crippen molar-refractivity contribution in [2.75, 3.05) is 0 Å². The topological polar surface area (TPSA) is 20.9 Å². The van der Waals surface area contributed by atoms with Gasteiger partial charge in [0.25, 0.3) is 0 Å². The molecule has 0 saturated carbocycles. The Bertz CT molecular complexity index is 577. The summed E-state index contributed by atoms with van der Waals surface area (Å²) in [5, 5.41) is 0. The Morgan fingerprint density at radius 2 is 1.79 bits per heavy atom. The summed E-state index contributed by atoms with van der Waals surface area (Å²) in [7, 11) is 0. The second-order valence-corrected chi connectivity index (χ2v) is 5.22. The zero-order valence-corrected chi connectivity index (χ0v) is 11.0. The molecule has 0 radical (unpaired) electrons. The normalized spacial score (nSPS) is 17.8. The molecule has 1 aliphatic carbocycles. The Kier molecular flexibility index (Phi) is 3.41.